The second kappa shape index (κ2) is 8.39. The van der Waals surface area contributed by atoms with Crippen LogP contribution < -0.4 is 10.0 Å². The fraction of sp³-hybridized carbons (Fsp3) is 0.769. The van der Waals surface area contributed by atoms with E-state index in [0.29, 0.717) is 6.54 Å². The first kappa shape index (κ1) is 17.1. The molecule has 1 aromatic rings. The SMILES string of the molecule is CCCC(CC)NS(=O)(=O)c1cnn(CCNCC)c1. The Labute approximate surface area is 122 Å². The van der Waals surface area contributed by atoms with Crippen molar-refractivity contribution in [3.05, 3.63) is 12.4 Å². The van der Waals surface area contributed by atoms with Crippen LogP contribution in [0.15, 0.2) is 17.3 Å². The molecule has 0 amide bonds. The summed E-state index contributed by atoms with van der Waals surface area (Å²) >= 11 is 0. The molecule has 0 saturated carbocycles. The van der Waals surface area contributed by atoms with Gasteiger partial charge < -0.3 is 5.32 Å². The first-order valence-corrected chi connectivity index (χ1v) is 8.77. The molecule has 116 valence electrons. The molecule has 1 atom stereocenters. The van der Waals surface area contributed by atoms with E-state index < -0.39 is 10.0 Å². The Morgan fingerprint density at radius 3 is 2.70 bits per heavy atom. The van der Waals surface area contributed by atoms with Crippen LogP contribution in [0.25, 0.3) is 0 Å². The van der Waals surface area contributed by atoms with E-state index >= 15 is 0 Å². The van der Waals surface area contributed by atoms with Crippen molar-refractivity contribution in [1.29, 1.82) is 0 Å². The Hall–Kier alpha value is -0.920. The van der Waals surface area contributed by atoms with E-state index in [1.807, 2.05) is 13.8 Å². The number of hydrogen-bond donors (Lipinski definition) is 2. The highest BCUT2D eigenvalue weighted by Crippen LogP contribution is 2.11. The molecule has 0 radical (unpaired) electrons. The van der Waals surface area contributed by atoms with Crippen LogP contribution in [0, 0.1) is 0 Å². The van der Waals surface area contributed by atoms with Gasteiger partial charge in [0.15, 0.2) is 0 Å². The van der Waals surface area contributed by atoms with Gasteiger partial charge in [0.1, 0.15) is 4.90 Å². The quantitative estimate of drug-likeness (QED) is 0.640. The van der Waals surface area contributed by atoms with Crippen LogP contribution in [0.3, 0.4) is 0 Å². The number of nitrogens with one attached hydrogen (secondary N) is 2. The lowest BCUT2D eigenvalue weighted by Crippen LogP contribution is -2.34. The van der Waals surface area contributed by atoms with Gasteiger partial charge in [-0.15, -0.1) is 0 Å². The number of rotatable bonds is 10. The van der Waals surface area contributed by atoms with E-state index in [9.17, 15) is 8.42 Å². The third-order valence-corrected chi connectivity index (χ3v) is 4.61. The smallest absolute Gasteiger partial charge is 0.243 e. The monoisotopic (exact) mass is 302 g/mol. The summed E-state index contributed by atoms with van der Waals surface area (Å²) in [4.78, 5) is 0.239. The van der Waals surface area contributed by atoms with Gasteiger partial charge in [-0.3, -0.25) is 4.68 Å². The first-order valence-electron chi connectivity index (χ1n) is 7.29. The van der Waals surface area contributed by atoms with Crippen molar-refractivity contribution < 1.29 is 8.42 Å². The molecule has 7 heteroatoms. The van der Waals surface area contributed by atoms with Crippen molar-refractivity contribution in [3.63, 3.8) is 0 Å². The van der Waals surface area contributed by atoms with Gasteiger partial charge in [-0.05, 0) is 19.4 Å². The molecule has 1 unspecified atom stereocenters. The summed E-state index contributed by atoms with van der Waals surface area (Å²) < 4.78 is 28.9. The lowest BCUT2D eigenvalue weighted by atomic mass is 10.1. The predicted octanol–water partition coefficient (Wildman–Crippen LogP) is 1.35. The molecular weight excluding hydrogens is 276 g/mol. The van der Waals surface area contributed by atoms with Crippen LogP contribution in [-0.4, -0.2) is 37.3 Å². The molecule has 20 heavy (non-hydrogen) atoms. The molecule has 0 saturated heterocycles. The van der Waals surface area contributed by atoms with E-state index in [2.05, 4.69) is 22.1 Å². The highest BCUT2D eigenvalue weighted by Gasteiger charge is 2.20. The molecule has 1 heterocycles. The summed E-state index contributed by atoms with van der Waals surface area (Å²) in [6.07, 6.45) is 5.60. The van der Waals surface area contributed by atoms with Crippen molar-refractivity contribution in [2.24, 2.45) is 0 Å². The molecule has 0 aliphatic rings. The normalized spacial score (nSPS) is 13.6. The number of likely N-dealkylation sites (N-methyl/N-ethyl adjacent to an activating group) is 1. The molecule has 0 fully saturated rings. The highest BCUT2D eigenvalue weighted by molar-refractivity contribution is 7.89. The van der Waals surface area contributed by atoms with Gasteiger partial charge in [-0.2, -0.15) is 5.10 Å². The summed E-state index contributed by atoms with van der Waals surface area (Å²) in [6.45, 7) is 8.40. The van der Waals surface area contributed by atoms with Crippen LogP contribution in [-0.2, 0) is 16.6 Å². The largest absolute Gasteiger partial charge is 0.315 e. The van der Waals surface area contributed by atoms with Crippen LogP contribution >= 0.6 is 0 Å². The van der Waals surface area contributed by atoms with Gasteiger partial charge >= 0.3 is 0 Å². The zero-order chi connectivity index (χ0) is 15.0. The van der Waals surface area contributed by atoms with Crippen LogP contribution in [0.4, 0.5) is 0 Å². The Bertz CT molecular complexity index is 484. The van der Waals surface area contributed by atoms with Gasteiger partial charge in [0, 0.05) is 18.8 Å². The van der Waals surface area contributed by atoms with Gasteiger partial charge in [0.25, 0.3) is 0 Å². The fourth-order valence-electron chi connectivity index (χ4n) is 1.96. The minimum absolute atomic E-state index is 0.00453. The molecule has 1 rings (SSSR count). The summed E-state index contributed by atoms with van der Waals surface area (Å²) in [5.41, 5.74) is 0. The molecule has 2 N–H and O–H groups in total. The molecule has 0 bridgehead atoms. The van der Waals surface area contributed by atoms with Gasteiger partial charge in [0.2, 0.25) is 10.0 Å². The average Bonchev–Trinajstić information content (AvgIpc) is 2.88. The lowest BCUT2D eigenvalue weighted by molar-refractivity contribution is 0.512. The van der Waals surface area contributed by atoms with E-state index in [-0.39, 0.29) is 10.9 Å². The zero-order valence-corrected chi connectivity index (χ0v) is 13.4. The molecule has 0 aromatic carbocycles. The molecule has 0 spiro atoms. The summed E-state index contributed by atoms with van der Waals surface area (Å²) in [7, 11) is -3.46. The predicted molar refractivity (Wildman–Crippen MR) is 80.1 cm³/mol. The lowest BCUT2D eigenvalue weighted by Gasteiger charge is -2.15. The fourth-order valence-corrected chi connectivity index (χ4v) is 3.26. The maximum absolute atomic E-state index is 12.2. The zero-order valence-electron chi connectivity index (χ0n) is 12.6. The highest BCUT2D eigenvalue weighted by atomic mass is 32.2. The summed E-state index contributed by atoms with van der Waals surface area (Å²) in [6, 6.07) is -0.00453. The number of aromatic nitrogens is 2. The van der Waals surface area contributed by atoms with Crippen molar-refractivity contribution in [3.8, 4) is 0 Å². The first-order chi connectivity index (χ1) is 9.53. The molecule has 0 aliphatic heterocycles. The maximum Gasteiger partial charge on any atom is 0.243 e. The summed E-state index contributed by atoms with van der Waals surface area (Å²) in [5.74, 6) is 0. The number of hydrogen-bond acceptors (Lipinski definition) is 4. The van der Waals surface area contributed by atoms with Gasteiger partial charge in [0.05, 0.1) is 12.7 Å². The minimum Gasteiger partial charge on any atom is -0.315 e. The average molecular weight is 302 g/mol. The Balaban J connectivity index is 2.67. The number of nitrogens with zero attached hydrogens (tertiary/aromatic N) is 2. The van der Waals surface area contributed by atoms with Crippen LogP contribution in [0.1, 0.15) is 40.0 Å². The second-order valence-corrected chi connectivity index (χ2v) is 6.52. The molecular formula is C13H26N4O2S. The van der Waals surface area contributed by atoms with E-state index in [1.165, 1.54) is 6.20 Å². The third-order valence-electron chi connectivity index (χ3n) is 3.14. The summed E-state index contributed by atoms with van der Waals surface area (Å²) in [5, 5.41) is 7.27. The topological polar surface area (TPSA) is 76.0 Å². The van der Waals surface area contributed by atoms with Crippen molar-refractivity contribution in [2.45, 2.75) is 57.5 Å². The van der Waals surface area contributed by atoms with E-state index in [0.717, 1.165) is 32.4 Å². The third kappa shape index (κ3) is 5.22. The van der Waals surface area contributed by atoms with Crippen molar-refractivity contribution in [2.75, 3.05) is 13.1 Å². The van der Waals surface area contributed by atoms with Crippen molar-refractivity contribution >= 4 is 10.0 Å². The van der Waals surface area contributed by atoms with Crippen LogP contribution in [0.2, 0.25) is 0 Å². The molecule has 0 aliphatic carbocycles. The van der Waals surface area contributed by atoms with E-state index in [1.54, 1.807) is 10.9 Å². The second-order valence-electron chi connectivity index (χ2n) is 4.81. The van der Waals surface area contributed by atoms with Crippen LogP contribution in [0.5, 0.6) is 0 Å². The van der Waals surface area contributed by atoms with Crippen molar-refractivity contribution in [1.82, 2.24) is 19.8 Å². The Morgan fingerprint density at radius 1 is 1.35 bits per heavy atom. The number of sulfonamides is 1. The minimum atomic E-state index is -3.46. The maximum atomic E-state index is 12.2. The molecule has 1 aromatic heterocycles. The standard InChI is InChI=1S/C13H26N4O2S/c1-4-7-12(5-2)16-20(18,19)13-10-15-17(11-13)9-8-14-6-3/h10-12,14,16H,4-9H2,1-3H3. The van der Waals surface area contributed by atoms with Gasteiger partial charge in [-0.1, -0.05) is 27.2 Å². The Kier molecular flexibility index (Phi) is 7.18. The van der Waals surface area contributed by atoms with Gasteiger partial charge in [-0.25, -0.2) is 13.1 Å². The Morgan fingerprint density at radius 2 is 2.10 bits per heavy atom. The van der Waals surface area contributed by atoms with E-state index in [4.69, 9.17) is 0 Å². The molecule has 6 nitrogen and oxygen atoms in total.